The van der Waals surface area contributed by atoms with Crippen LogP contribution >= 0.6 is 0 Å². The van der Waals surface area contributed by atoms with Crippen LogP contribution in [0.4, 0.5) is 0 Å². The van der Waals surface area contributed by atoms with Gasteiger partial charge in [0.05, 0.1) is 45.2 Å². The molecule has 0 saturated heterocycles. The van der Waals surface area contributed by atoms with Crippen molar-refractivity contribution in [1.82, 2.24) is 5.32 Å². The second-order valence-electron chi connectivity index (χ2n) is 6.19. The molecule has 0 aromatic rings. The fourth-order valence-electron chi connectivity index (χ4n) is 1.88. The molecule has 0 heterocycles. The largest absolute Gasteiger partial charge is 0.379 e. The van der Waals surface area contributed by atoms with E-state index in [1.165, 1.54) is 0 Å². The van der Waals surface area contributed by atoms with Crippen LogP contribution in [0.3, 0.4) is 0 Å². The average molecular weight is 391 g/mol. The Balaban J connectivity index is 4.23. The van der Waals surface area contributed by atoms with Gasteiger partial charge in [-0.3, -0.25) is 14.4 Å². The van der Waals surface area contributed by atoms with Gasteiger partial charge in [0.2, 0.25) is 17.7 Å². The maximum Gasteiger partial charge on any atom is 0.222 e. The summed E-state index contributed by atoms with van der Waals surface area (Å²) in [5.41, 5.74) is 20.7. The molecular weight excluding hydrogens is 358 g/mol. The predicted octanol–water partition coefficient (Wildman–Crippen LogP) is -2.66. The van der Waals surface area contributed by atoms with E-state index in [4.69, 9.17) is 37.1 Å². The van der Waals surface area contributed by atoms with Crippen molar-refractivity contribution in [1.29, 1.82) is 0 Å². The lowest BCUT2D eigenvalue weighted by Crippen LogP contribution is -2.53. The Bertz CT molecular complexity index is 427. The fraction of sp³-hybridized carbons (Fsp3) is 0.812. The van der Waals surface area contributed by atoms with Crippen LogP contribution in [0.15, 0.2) is 0 Å². The summed E-state index contributed by atoms with van der Waals surface area (Å²) in [5.74, 6) is -1.10. The molecule has 0 aliphatic carbocycles. The minimum absolute atomic E-state index is 0.0551. The molecule has 3 amide bonds. The summed E-state index contributed by atoms with van der Waals surface area (Å²) in [4.78, 5) is 33.1. The topological polar surface area (TPSA) is 195 Å². The van der Waals surface area contributed by atoms with E-state index < -0.39 is 17.4 Å². The van der Waals surface area contributed by atoms with Crippen LogP contribution in [0, 0.1) is 0 Å². The quantitative estimate of drug-likeness (QED) is 0.156. The van der Waals surface area contributed by atoms with Crippen LogP contribution in [-0.2, 0) is 28.6 Å². The molecule has 0 radical (unpaired) electrons. The summed E-state index contributed by atoms with van der Waals surface area (Å²) >= 11 is 0. The Morgan fingerprint density at radius 3 is 1.67 bits per heavy atom. The molecule has 0 saturated carbocycles. The average Bonchev–Trinajstić information content (AvgIpc) is 2.60. The Morgan fingerprint density at radius 1 is 0.815 bits per heavy atom. The van der Waals surface area contributed by atoms with Gasteiger partial charge in [0.1, 0.15) is 0 Å². The summed E-state index contributed by atoms with van der Waals surface area (Å²) in [6.07, 6.45) is 1.04. The zero-order valence-electron chi connectivity index (χ0n) is 15.7. The maximum absolute atomic E-state index is 11.6. The zero-order valence-corrected chi connectivity index (χ0v) is 15.7. The first-order valence-electron chi connectivity index (χ1n) is 8.84. The molecule has 0 fully saturated rings. The van der Waals surface area contributed by atoms with Crippen LogP contribution in [-0.4, -0.2) is 76.0 Å². The molecule has 0 rings (SSSR count). The molecular formula is C16H33N5O6. The zero-order chi connectivity index (χ0) is 20.5. The SMILES string of the molecule is NCCCNC(=O)CCOCC(N)(COCCC(N)=O)COCCC(N)=O. The number of carbonyl (C=O) groups is 3. The summed E-state index contributed by atoms with van der Waals surface area (Å²) in [5, 5.41) is 2.72. The number of primary amides is 2. The summed E-state index contributed by atoms with van der Waals surface area (Å²) < 4.78 is 16.2. The maximum atomic E-state index is 11.6. The lowest BCUT2D eigenvalue weighted by Gasteiger charge is -2.28. The van der Waals surface area contributed by atoms with E-state index in [1.807, 2.05) is 0 Å². The van der Waals surface area contributed by atoms with Crippen molar-refractivity contribution < 1.29 is 28.6 Å². The molecule has 158 valence electrons. The summed E-state index contributed by atoms with van der Waals surface area (Å²) in [6, 6.07) is 0. The first kappa shape index (κ1) is 25.2. The van der Waals surface area contributed by atoms with Gasteiger partial charge in [-0.2, -0.15) is 0 Å². The van der Waals surface area contributed by atoms with Gasteiger partial charge in [0, 0.05) is 25.8 Å². The Morgan fingerprint density at radius 2 is 1.26 bits per heavy atom. The van der Waals surface area contributed by atoms with E-state index in [0.717, 1.165) is 0 Å². The van der Waals surface area contributed by atoms with Gasteiger partial charge in [-0.1, -0.05) is 0 Å². The lowest BCUT2D eigenvalue weighted by atomic mass is 10.1. The molecule has 0 spiro atoms. The lowest BCUT2D eigenvalue weighted by molar-refractivity contribution is -0.122. The minimum Gasteiger partial charge on any atom is -0.379 e. The van der Waals surface area contributed by atoms with Crippen LogP contribution in [0.1, 0.15) is 25.7 Å². The van der Waals surface area contributed by atoms with Gasteiger partial charge >= 0.3 is 0 Å². The third-order valence-corrected chi connectivity index (χ3v) is 3.33. The predicted molar refractivity (Wildman–Crippen MR) is 98.3 cm³/mol. The Kier molecular flexibility index (Phi) is 14.3. The molecule has 0 aliphatic rings. The van der Waals surface area contributed by atoms with Crippen LogP contribution in [0.25, 0.3) is 0 Å². The molecule has 0 aliphatic heterocycles. The third-order valence-electron chi connectivity index (χ3n) is 3.33. The van der Waals surface area contributed by atoms with Crippen molar-refractivity contribution in [3.63, 3.8) is 0 Å². The van der Waals surface area contributed by atoms with E-state index in [2.05, 4.69) is 5.32 Å². The fourth-order valence-corrected chi connectivity index (χ4v) is 1.88. The highest BCUT2D eigenvalue weighted by molar-refractivity contribution is 5.75. The van der Waals surface area contributed by atoms with E-state index >= 15 is 0 Å². The van der Waals surface area contributed by atoms with Crippen LogP contribution in [0.5, 0.6) is 0 Å². The molecule has 27 heavy (non-hydrogen) atoms. The van der Waals surface area contributed by atoms with Gasteiger partial charge in [-0.15, -0.1) is 0 Å². The number of ether oxygens (including phenoxy) is 3. The highest BCUT2D eigenvalue weighted by Crippen LogP contribution is 2.06. The third kappa shape index (κ3) is 16.1. The highest BCUT2D eigenvalue weighted by atomic mass is 16.5. The monoisotopic (exact) mass is 391 g/mol. The minimum atomic E-state index is -1.01. The first-order valence-corrected chi connectivity index (χ1v) is 8.84. The van der Waals surface area contributed by atoms with Gasteiger partial charge in [-0.25, -0.2) is 0 Å². The van der Waals surface area contributed by atoms with Crippen molar-refractivity contribution in [2.45, 2.75) is 31.2 Å². The van der Waals surface area contributed by atoms with E-state index in [1.54, 1.807) is 0 Å². The van der Waals surface area contributed by atoms with Crippen LogP contribution in [0.2, 0.25) is 0 Å². The van der Waals surface area contributed by atoms with Gasteiger partial charge in [-0.05, 0) is 13.0 Å². The van der Waals surface area contributed by atoms with Crippen molar-refractivity contribution in [2.75, 3.05) is 52.7 Å². The normalized spacial score (nSPS) is 11.3. The van der Waals surface area contributed by atoms with E-state index in [-0.39, 0.29) is 64.8 Å². The standard InChI is InChI=1S/C16H33N5O6/c17-5-1-6-21-15(24)4-9-27-12-16(20,10-25-7-2-13(18)22)11-26-8-3-14(19)23/h1-12,17,20H2,(H2,18,22)(H2,19,23)(H,21,24). The van der Waals surface area contributed by atoms with Gasteiger partial charge in [0.15, 0.2) is 0 Å². The smallest absolute Gasteiger partial charge is 0.222 e. The summed E-state index contributed by atoms with van der Waals surface area (Å²) in [6.45, 7) is 1.64. The molecule has 11 heteroatoms. The molecule has 0 aromatic heterocycles. The number of nitrogens with two attached hydrogens (primary N) is 4. The van der Waals surface area contributed by atoms with Crippen molar-refractivity contribution >= 4 is 17.7 Å². The van der Waals surface area contributed by atoms with E-state index in [9.17, 15) is 14.4 Å². The number of hydrogen-bond acceptors (Lipinski definition) is 8. The number of rotatable bonds is 18. The highest BCUT2D eigenvalue weighted by Gasteiger charge is 2.27. The molecule has 0 aromatic carbocycles. The molecule has 0 atom stereocenters. The molecule has 9 N–H and O–H groups in total. The van der Waals surface area contributed by atoms with E-state index in [0.29, 0.717) is 19.5 Å². The Hall–Kier alpha value is -1.79. The summed E-state index contributed by atoms with van der Waals surface area (Å²) in [7, 11) is 0. The van der Waals surface area contributed by atoms with Gasteiger partial charge in [0.25, 0.3) is 0 Å². The van der Waals surface area contributed by atoms with Gasteiger partial charge < -0.3 is 42.5 Å². The van der Waals surface area contributed by atoms with Crippen molar-refractivity contribution in [3.05, 3.63) is 0 Å². The Labute approximate surface area is 159 Å². The number of hydrogen-bond donors (Lipinski definition) is 5. The molecule has 11 nitrogen and oxygen atoms in total. The van der Waals surface area contributed by atoms with Crippen LogP contribution < -0.4 is 28.3 Å². The van der Waals surface area contributed by atoms with Crippen molar-refractivity contribution in [3.8, 4) is 0 Å². The second-order valence-corrected chi connectivity index (χ2v) is 6.19. The molecule has 0 unspecified atom stereocenters. The van der Waals surface area contributed by atoms with Crippen molar-refractivity contribution in [2.24, 2.45) is 22.9 Å². The number of carbonyl (C=O) groups excluding carboxylic acids is 3. The second kappa shape index (κ2) is 15.3. The first-order chi connectivity index (χ1) is 12.8. The molecule has 0 bridgehead atoms. The number of nitrogens with one attached hydrogen (secondary N) is 1. The number of amides is 3.